The minimum atomic E-state index is -0.192. The molecule has 0 unspecified atom stereocenters. The van der Waals surface area contributed by atoms with E-state index in [0.717, 1.165) is 27.8 Å². The van der Waals surface area contributed by atoms with Crippen LogP contribution in [0.4, 0.5) is 0 Å². The van der Waals surface area contributed by atoms with Crippen molar-refractivity contribution in [3.05, 3.63) is 33.4 Å². The molecule has 1 aromatic carbocycles. The minimum Gasteiger partial charge on any atom is -0.851 e. The molecule has 0 aromatic heterocycles. The van der Waals surface area contributed by atoms with Gasteiger partial charge in [0.1, 0.15) is 23.0 Å². The molecule has 1 rings (SSSR count). The van der Waals surface area contributed by atoms with Crippen LogP contribution in [0.25, 0.3) is 0 Å². The summed E-state index contributed by atoms with van der Waals surface area (Å²) in [6.45, 7) is 6.93. The lowest BCUT2D eigenvalue weighted by Gasteiger charge is -2.23. The molecule has 4 heteroatoms. The normalized spacial score (nSPS) is 10.9. The SMILES string of the molecule is COCc1c(C)c(C[O-])c(C)c(COI)c1C. The van der Waals surface area contributed by atoms with E-state index >= 15 is 0 Å². The lowest BCUT2D eigenvalue weighted by molar-refractivity contribution is -0.386. The van der Waals surface area contributed by atoms with Crippen molar-refractivity contribution in [3.8, 4) is 0 Å². The zero-order valence-electron chi connectivity index (χ0n) is 10.7. The van der Waals surface area contributed by atoms with Crippen LogP contribution in [0.3, 0.4) is 0 Å². The van der Waals surface area contributed by atoms with Crippen molar-refractivity contribution in [2.24, 2.45) is 0 Å². The molecule has 0 saturated heterocycles. The topological polar surface area (TPSA) is 41.5 Å². The fourth-order valence-electron chi connectivity index (χ4n) is 2.24. The largest absolute Gasteiger partial charge is 0.851 e. The highest BCUT2D eigenvalue weighted by atomic mass is 127. The third-order valence-electron chi connectivity index (χ3n) is 3.35. The molecular weight excluding hydrogens is 331 g/mol. The number of halogens is 1. The first kappa shape index (κ1) is 14.9. The average molecular weight is 349 g/mol. The molecule has 0 atom stereocenters. The molecule has 0 aliphatic carbocycles. The first-order valence-electron chi connectivity index (χ1n) is 5.49. The molecule has 0 aliphatic heterocycles. The third kappa shape index (κ3) is 2.99. The summed E-state index contributed by atoms with van der Waals surface area (Å²) in [5.41, 5.74) is 6.41. The van der Waals surface area contributed by atoms with Crippen molar-refractivity contribution in [1.82, 2.24) is 0 Å². The number of rotatable bonds is 5. The van der Waals surface area contributed by atoms with Gasteiger partial charge in [-0.05, 0) is 48.6 Å². The van der Waals surface area contributed by atoms with Crippen LogP contribution < -0.4 is 5.11 Å². The summed E-state index contributed by atoms with van der Waals surface area (Å²) in [7, 11) is 1.67. The molecule has 0 bridgehead atoms. The molecule has 1 aromatic rings. The van der Waals surface area contributed by atoms with E-state index in [1.165, 1.54) is 5.56 Å². The molecule has 0 radical (unpaired) electrons. The van der Waals surface area contributed by atoms with Gasteiger partial charge >= 0.3 is 0 Å². The standard InChI is InChI=1S/C13H18IO3/c1-8-11(5-15)9(2)13(7-17-14)10(3)12(8)6-16-4/h5-7H2,1-4H3/q-1. The Morgan fingerprint density at radius 1 is 0.941 bits per heavy atom. The van der Waals surface area contributed by atoms with Crippen molar-refractivity contribution < 1.29 is 12.9 Å². The van der Waals surface area contributed by atoms with Gasteiger partial charge in [-0.2, -0.15) is 0 Å². The molecule has 0 heterocycles. The Morgan fingerprint density at radius 2 is 1.41 bits per heavy atom. The Kier molecular flexibility index (Phi) is 5.85. The zero-order valence-corrected chi connectivity index (χ0v) is 12.9. The van der Waals surface area contributed by atoms with E-state index in [-0.39, 0.29) is 6.61 Å². The Balaban J connectivity index is 3.45. The van der Waals surface area contributed by atoms with Crippen molar-refractivity contribution in [2.45, 2.75) is 40.6 Å². The van der Waals surface area contributed by atoms with Crippen molar-refractivity contribution in [2.75, 3.05) is 7.11 Å². The molecule has 0 aliphatic rings. The predicted molar refractivity (Wildman–Crippen MR) is 73.9 cm³/mol. The predicted octanol–water partition coefficient (Wildman–Crippen LogP) is 2.49. The van der Waals surface area contributed by atoms with E-state index in [9.17, 15) is 5.11 Å². The smallest absolute Gasteiger partial charge is 0.110 e. The zero-order chi connectivity index (χ0) is 13.0. The van der Waals surface area contributed by atoms with Crippen molar-refractivity contribution in [1.29, 1.82) is 0 Å². The second-order valence-corrected chi connectivity index (χ2v) is 4.76. The minimum absolute atomic E-state index is 0.192. The maximum atomic E-state index is 11.3. The van der Waals surface area contributed by atoms with Gasteiger partial charge in [-0.1, -0.05) is 5.56 Å². The molecule has 96 valence electrons. The highest BCUT2D eigenvalue weighted by molar-refractivity contribution is 14.1. The van der Waals surface area contributed by atoms with Gasteiger partial charge in [0.05, 0.1) is 13.2 Å². The lowest BCUT2D eigenvalue weighted by atomic mass is 9.89. The van der Waals surface area contributed by atoms with E-state index in [0.29, 0.717) is 13.2 Å². The van der Waals surface area contributed by atoms with E-state index in [4.69, 9.17) is 7.80 Å². The van der Waals surface area contributed by atoms with Gasteiger partial charge in [0.25, 0.3) is 0 Å². The Labute approximate surface area is 117 Å². The second-order valence-electron chi connectivity index (χ2n) is 4.14. The Hall–Kier alpha value is -0.170. The van der Waals surface area contributed by atoms with Crippen LogP contribution in [0.2, 0.25) is 0 Å². The second kappa shape index (κ2) is 6.68. The molecule has 3 nitrogen and oxygen atoms in total. The average Bonchev–Trinajstić information content (AvgIpc) is 2.31. The van der Waals surface area contributed by atoms with Crippen LogP contribution in [0.5, 0.6) is 0 Å². The van der Waals surface area contributed by atoms with E-state index < -0.39 is 0 Å². The first-order valence-corrected chi connectivity index (χ1v) is 6.37. The summed E-state index contributed by atoms with van der Waals surface area (Å²) in [5.74, 6) is 0. The summed E-state index contributed by atoms with van der Waals surface area (Å²) in [6, 6.07) is 0. The van der Waals surface area contributed by atoms with Gasteiger partial charge in [-0.3, -0.25) is 0 Å². The van der Waals surface area contributed by atoms with Gasteiger partial charge in [-0.15, -0.1) is 6.61 Å². The van der Waals surface area contributed by atoms with Gasteiger partial charge in [0, 0.05) is 7.11 Å². The first-order chi connectivity index (χ1) is 8.08. The molecule has 0 N–H and O–H groups in total. The number of hydrogen-bond donors (Lipinski definition) is 0. The number of methoxy groups -OCH3 is 1. The number of benzene rings is 1. The van der Waals surface area contributed by atoms with Gasteiger partial charge < -0.3 is 12.9 Å². The molecule has 0 amide bonds. The van der Waals surface area contributed by atoms with Gasteiger partial charge in [-0.25, -0.2) is 0 Å². The van der Waals surface area contributed by atoms with E-state index in [1.807, 2.05) is 36.9 Å². The van der Waals surface area contributed by atoms with Gasteiger partial charge in [0.15, 0.2) is 0 Å². The van der Waals surface area contributed by atoms with Crippen molar-refractivity contribution in [3.63, 3.8) is 0 Å². The summed E-state index contributed by atoms with van der Waals surface area (Å²) in [4.78, 5) is 0. The lowest BCUT2D eigenvalue weighted by Crippen LogP contribution is -2.13. The maximum absolute atomic E-state index is 11.3. The monoisotopic (exact) mass is 349 g/mol. The third-order valence-corrected chi connectivity index (χ3v) is 3.66. The summed E-state index contributed by atoms with van der Waals surface area (Å²) in [6.07, 6.45) is 0. The van der Waals surface area contributed by atoms with Crippen LogP contribution in [0.1, 0.15) is 33.4 Å². The molecule has 0 saturated carbocycles. The summed E-state index contributed by atoms with van der Waals surface area (Å²) < 4.78 is 10.4. The summed E-state index contributed by atoms with van der Waals surface area (Å²) >= 11 is 1.88. The van der Waals surface area contributed by atoms with Crippen molar-refractivity contribution >= 4 is 23.0 Å². The summed E-state index contributed by atoms with van der Waals surface area (Å²) in [5, 5.41) is 11.3. The van der Waals surface area contributed by atoms with Crippen LogP contribution in [-0.4, -0.2) is 7.11 Å². The van der Waals surface area contributed by atoms with Crippen LogP contribution in [-0.2, 0) is 27.6 Å². The fraction of sp³-hybridized carbons (Fsp3) is 0.538. The van der Waals surface area contributed by atoms with E-state index in [2.05, 4.69) is 6.92 Å². The quantitative estimate of drug-likeness (QED) is 0.767. The Bertz CT molecular complexity index is 369. The number of ether oxygens (including phenoxy) is 1. The van der Waals surface area contributed by atoms with Crippen LogP contribution in [0, 0.1) is 20.8 Å². The van der Waals surface area contributed by atoms with Crippen LogP contribution in [0.15, 0.2) is 0 Å². The molecule has 0 fully saturated rings. The van der Waals surface area contributed by atoms with Crippen LogP contribution >= 0.6 is 23.0 Å². The highest BCUT2D eigenvalue weighted by Gasteiger charge is 2.14. The molecular formula is C13H18IO3-. The Morgan fingerprint density at radius 3 is 1.82 bits per heavy atom. The fourth-order valence-corrected chi connectivity index (χ4v) is 2.55. The highest BCUT2D eigenvalue weighted by Crippen LogP contribution is 2.28. The molecule has 17 heavy (non-hydrogen) atoms. The van der Waals surface area contributed by atoms with Gasteiger partial charge in [0.2, 0.25) is 0 Å². The number of hydrogen-bond acceptors (Lipinski definition) is 3. The maximum Gasteiger partial charge on any atom is 0.110 e. The molecule has 0 spiro atoms. The van der Waals surface area contributed by atoms with E-state index in [1.54, 1.807) is 7.11 Å².